The molecule has 2 aromatic carbocycles. The number of alkyl halides is 3. The summed E-state index contributed by atoms with van der Waals surface area (Å²) in [6, 6.07) is 6.20. The van der Waals surface area contributed by atoms with Gasteiger partial charge in [-0.1, -0.05) is 11.6 Å². The van der Waals surface area contributed by atoms with Crippen molar-refractivity contribution < 1.29 is 26.4 Å². The molecule has 3 rings (SSSR count). The van der Waals surface area contributed by atoms with Gasteiger partial charge in [0.1, 0.15) is 12.7 Å². The molecule has 0 unspecified atom stereocenters. The number of nitrogens with zero attached hydrogens (tertiary/aromatic N) is 3. The smallest absolute Gasteiger partial charge is 0.320 e. The molecule has 152 valence electrons. The van der Waals surface area contributed by atoms with Gasteiger partial charge in [0, 0.05) is 6.26 Å². The molecule has 0 aliphatic rings. The summed E-state index contributed by atoms with van der Waals surface area (Å²) in [6.07, 6.45) is -1.27. The monoisotopic (exact) mass is 444 g/mol. The molecule has 0 atom stereocenters. The van der Waals surface area contributed by atoms with Gasteiger partial charge < -0.3 is 5.32 Å². The summed E-state index contributed by atoms with van der Waals surface area (Å²) in [5.41, 5.74) is -1.29. The quantitative estimate of drug-likeness (QED) is 0.663. The Morgan fingerprint density at radius 2 is 1.90 bits per heavy atom. The molecule has 1 amide bonds. The summed E-state index contributed by atoms with van der Waals surface area (Å²) in [5.74, 6) is -0.888. The molecule has 0 saturated heterocycles. The average molecular weight is 445 g/mol. The second-order valence-electron chi connectivity index (χ2n) is 5.94. The van der Waals surface area contributed by atoms with Gasteiger partial charge in [0.25, 0.3) is 5.91 Å². The van der Waals surface area contributed by atoms with Crippen LogP contribution >= 0.6 is 11.6 Å². The van der Waals surface area contributed by atoms with Crippen molar-refractivity contribution in [2.75, 3.05) is 11.6 Å². The van der Waals surface area contributed by atoms with E-state index in [1.165, 1.54) is 29.5 Å². The fourth-order valence-corrected chi connectivity index (χ4v) is 3.29. The Balaban J connectivity index is 2.06. The number of benzene rings is 2. The third kappa shape index (κ3) is 4.57. The molecule has 1 aromatic heterocycles. The highest BCUT2D eigenvalue weighted by atomic mass is 35.5. The number of anilines is 1. The van der Waals surface area contributed by atoms with Gasteiger partial charge >= 0.3 is 6.18 Å². The van der Waals surface area contributed by atoms with E-state index in [1.54, 1.807) is 0 Å². The van der Waals surface area contributed by atoms with E-state index in [9.17, 15) is 26.4 Å². The summed E-state index contributed by atoms with van der Waals surface area (Å²) in [4.78, 5) is 16.3. The lowest BCUT2D eigenvalue weighted by Crippen LogP contribution is -2.16. The second-order valence-corrected chi connectivity index (χ2v) is 8.36. The number of rotatable bonds is 4. The molecule has 3 aromatic rings. The lowest BCUT2D eigenvalue weighted by molar-refractivity contribution is -0.137. The molecule has 0 radical (unpaired) electrons. The zero-order valence-corrected chi connectivity index (χ0v) is 16.2. The van der Waals surface area contributed by atoms with Crippen LogP contribution < -0.4 is 5.32 Å². The molecular weight excluding hydrogens is 433 g/mol. The fourth-order valence-electron chi connectivity index (χ4n) is 2.44. The first-order valence-electron chi connectivity index (χ1n) is 7.84. The van der Waals surface area contributed by atoms with E-state index in [4.69, 9.17) is 11.6 Å². The van der Waals surface area contributed by atoms with E-state index in [0.29, 0.717) is 0 Å². The molecule has 0 fully saturated rings. The maximum absolute atomic E-state index is 13.1. The maximum atomic E-state index is 13.1. The first-order chi connectivity index (χ1) is 13.5. The van der Waals surface area contributed by atoms with Crippen LogP contribution in [0.4, 0.5) is 18.9 Å². The average Bonchev–Trinajstić information content (AvgIpc) is 3.14. The standard InChI is InChI=1S/C17H12ClF3N4O3S/c1-29(27,28)11-3-4-13(18)12(7-11)16(26)24-14-6-10(17(19,20)21)2-5-15(14)25-9-22-8-23-25/h2-9H,1H3,(H,24,26). The maximum Gasteiger partial charge on any atom is 0.416 e. The number of amides is 1. The molecule has 7 nitrogen and oxygen atoms in total. The lowest BCUT2D eigenvalue weighted by atomic mass is 10.1. The van der Waals surface area contributed by atoms with Crippen LogP contribution in [0.15, 0.2) is 53.9 Å². The Morgan fingerprint density at radius 1 is 1.17 bits per heavy atom. The van der Waals surface area contributed by atoms with Crippen molar-refractivity contribution in [2.45, 2.75) is 11.1 Å². The zero-order valence-electron chi connectivity index (χ0n) is 14.6. The Kier molecular flexibility index (Phi) is 5.37. The summed E-state index contributed by atoms with van der Waals surface area (Å²) in [6.45, 7) is 0. The van der Waals surface area contributed by atoms with Crippen LogP contribution in [-0.4, -0.2) is 35.3 Å². The molecule has 0 aliphatic carbocycles. The molecular formula is C17H12ClF3N4O3S. The van der Waals surface area contributed by atoms with Gasteiger partial charge in [-0.05, 0) is 36.4 Å². The summed E-state index contributed by atoms with van der Waals surface area (Å²) < 4.78 is 64.0. The van der Waals surface area contributed by atoms with Gasteiger partial charge in [0.05, 0.1) is 32.4 Å². The summed E-state index contributed by atoms with van der Waals surface area (Å²) in [7, 11) is -3.63. The molecule has 1 N–H and O–H groups in total. The molecule has 0 saturated carbocycles. The second kappa shape index (κ2) is 7.48. The third-order valence-electron chi connectivity index (χ3n) is 3.85. The number of sulfone groups is 1. The highest BCUT2D eigenvalue weighted by Gasteiger charge is 2.31. The molecule has 1 heterocycles. The molecule has 0 bridgehead atoms. The highest BCUT2D eigenvalue weighted by Crippen LogP contribution is 2.33. The highest BCUT2D eigenvalue weighted by molar-refractivity contribution is 7.90. The first-order valence-corrected chi connectivity index (χ1v) is 10.1. The van der Waals surface area contributed by atoms with E-state index >= 15 is 0 Å². The molecule has 0 aliphatic heterocycles. The van der Waals surface area contributed by atoms with E-state index in [1.807, 2.05) is 0 Å². The van der Waals surface area contributed by atoms with Crippen LogP contribution in [0.5, 0.6) is 0 Å². The number of halogens is 4. The van der Waals surface area contributed by atoms with Crippen molar-refractivity contribution in [2.24, 2.45) is 0 Å². The van der Waals surface area contributed by atoms with Crippen molar-refractivity contribution >= 4 is 33.0 Å². The van der Waals surface area contributed by atoms with E-state index in [-0.39, 0.29) is 26.9 Å². The van der Waals surface area contributed by atoms with Crippen molar-refractivity contribution in [3.63, 3.8) is 0 Å². The number of aromatic nitrogens is 3. The topological polar surface area (TPSA) is 94.0 Å². The van der Waals surface area contributed by atoms with Crippen LogP contribution in [0.3, 0.4) is 0 Å². The number of hydrogen-bond acceptors (Lipinski definition) is 5. The van der Waals surface area contributed by atoms with Gasteiger partial charge in [-0.15, -0.1) is 0 Å². The van der Waals surface area contributed by atoms with Crippen molar-refractivity contribution in [3.8, 4) is 5.69 Å². The molecule has 12 heteroatoms. The van der Waals surface area contributed by atoms with E-state index < -0.39 is 27.5 Å². The SMILES string of the molecule is CS(=O)(=O)c1ccc(Cl)c(C(=O)Nc2cc(C(F)(F)F)ccc2-n2cncn2)c1. The minimum atomic E-state index is -4.64. The number of carbonyl (C=O) groups is 1. The Hall–Kier alpha value is -2.92. The normalized spacial score (nSPS) is 12.0. The lowest BCUT2D eigenvalue weighted by Gasteiger charge is -2.15. The van der Waals surface area contributed by atoms with Gasteiger partial charge in [-0.3, -0.25) is 4.79 Å². The van der Waals surface area contributed by atoms with Gasteiger partial charge in [-0.2, -0.15) is 18.3 Å². The predicted molar refractivity (Wildman–Crippen MR) is 98.9 cm³/mol. The van der Waals surface area contributed by atoms with Crippen LogP contribution in [0.2, 0.25) is 5.02 Å². The van der Waals surface area contributed by atoms with E-state index in [2.05, 4.69) is 15.4 Å². The number of nitrogens with one attached hydrogen (secondary N) is 1. The Bertz CT molecular complexity index is 1180. The largest absolute Gasteiger partial charge is 0.416 e. The van der Waals surface area contributed by atoms with Crippen molar-refractivity contribution in [3.05, 3.63) is 65.2 Å². The zero-order chi connectivity index (χ0) is 21.4. The minimum Gasteiger partial charge on any atom is -0.320 e. The molecule has 0 spiro atoms. The number of hydrogen-bond donors (Lipinski definition) is 1. The predicted octanol–water partition coefficient (Wildman–Crippen LogP) is 3.60. The minimum absolute atomic E-state index is 0.0656. The van der Waals surface area contributed by atoms with Crippen molar-refractivity contribution in [1.82, 2.24) is 14.8 Å². The number of carbonyl (C=O) groups excluding carboxylic acids is 1. The van der Waals surface area contributed by atoms with Crippen LogP contribution in [0, 0.1) is 0 Å². The third-order valence-corrected chi connectivity index (χ3v) is 5.29. The first kappa shape index (κ1) is 20.8. The van der Waals surface area contributed by atoms with Gasteiger partial charge in [0.15, 0.2) is 9.84 Å². The summed E-state index contributed by atoms with van der Waals surface area (Å²) in [5, 5.41) is 6.13. The van der Waals surface area contributed by atoms with Gasteiger partial charge in [-0.25, -0.2) is 18.1 Å². The van der Waals surface area contributed by atoms with Crippen molar-refractivity contribution in [1.29, 1.82) is 0 Å². The van der Waals surface area contributed by atoms with E-state index in [0.717, 1.165) is 30.5 Å². The van der Waals surface area contributed by atoms with Crippen LogP contribution in [0.25, 0.3) is 5.69 Å². The molecule has 29 heavy (non-hydrogen) atoms. The van der Waals surface area contributed by atoms with Gasteiger partial charge in [0.2, 0.25) is 0 Å². The fraction of sp³-hybridized carbons (Fsp3) is 0.118. The summed E-state index contributed by atoms with van der Waals surface area (Å²) >= 11 is 5.99. The Labute approximate surface area is 168 Å². The van der Waals surface area contributed by atoms with Crippen LogP contribution in [0.1, 0.15) is 15.9 Å². The van der Waals surface area contributed by atoms with Crippen LogP contribution in [-0.2, 0) is 16.0 Å². The Morgan fingerprint density at radius 3 is 2.48 bits per heavy atom.